The third-order valence-electron chi connectivity index (χ3n) is 5.01. The first kappa shape index (κ1) is 17.6. The summed E-state index contributed by atoms with van der Waals surface area (Å²) in [5, 5.41) is 13.9. The average molecular weight is 368 g/mol. The Kier molecular flexibility index (Phi) is 4.85. The number of rotatable bonds is 4. The summed E-state index contributed by atoms with van der Waals surface area (Å²) in [6.07, 6.45) is 7.84. The van der Waals surface area contributed by atoms with Gasteiger partial charge < -0.3 is 24.1 Å². The molecule has 0 bridgehead atoms. The van der Waals surface area contributed by atoms with E-state index in [1.54, 1.807) is 13.4 Å². The number of imidazole rings is 1. The van der Waals surface area contributed by atoms with Crippen LogP contribution in [0.1, 0.15) is 24.1 Å². The molecular weight excluding hydrogens is 344 g/mol. The van der Waals surface area contributed by atoms with E-state index >= 15 is 0 Å². The van der Waals surface area contributed by atoms with Crippen molar-refractivity contribution in [2.45, 2.75) is 25.8 Å². The van der Waals surface area contributed by atoms with E-state index in [1.165, 1.54) is 0 Å². The number of hydrogen-bond acceptors (Lipinski definition) is 6. The van der Waals surface area contributed by atoms with Crippen LogP contribution in [-0.2, 0) is 4.84 Å². The highest BCUT2D eigenvalue weighted by Crippen LogP contribution is 2.29. The van der Waals surface area contributed by atoms with E-state index in [9.17, 15) is 5.11 Å². The summed E-state index contributed by atoms with van der Waals surface area (Å²) < 4.78 is 7.56. The molecule has 142 valence electrons. The van der Waals surface area contributed by atoms with Crippen LogP contribution < -0.4 is 4.74 Å². The van der Waals surface area contributed by atoms with Crippen LogP contribution in [0, 0.1) is 6.92 Å². The molecule has 0 radical (unpaired) electrons. The number of aromatic nitrogens is 2. The van der Waals surface area contributed by atoms with Gasteiger partial charge in [0.05, 0.1) is 37.5 Å². The molecule has 4 rings (SSSR count). The predicted molar refractivity (Wildman–Crippen MR) is 103 cm³/mol. The van der Waals surface area contributed by atoms with Crippen molar-refractivity contribution < 1.29 is 14.7 Å². The number of fused-ring (bicyclic) bond motifs is 1. The third-order valence-corrected chi connectivity index (χ3v) is 5.01. The minimum absolute atomic E-state index is 0.0254. The number of aliphatic hydroxyl groups excluding tert-OH is 1. The van der Waals surface area contributed by atoms with Crippen LogP contribution in [0.4, 0.5) is 0 Å². The Balaban J connectivity index is 1.66. The number of piperidine rings is 1. The number of oxime groups is 1. The summed E-state index contributed by atoms with van der Waals surface area (Å²) in [6.45, 7) is 3.36. The number of methoxy groups -OCH3 is 1. The summed E-state index contributed by atoms with van der Waals surface area (Å²) in [7, 11) is 1.67. The van der Waals surface area contributed by atoms with Gasteiger partial charge in [0.2, 0.25) is 0 Å². The largest absolute Gasteiger partial charge is 0.495 e. The van der Waals surface area contributed by atoms with Gasteiger partial charge in [-0.25, -0.2) is 4.98 Å². The number of benzene rings is 1. The minimum Gasteiger partial charge on any atom is -0.495 e. The molecule has 0 saturated carbocycles. The van der Waals surface area contributed by atoms with E-state index < -0.39 is 0 Å². The second-order valence-corrected chi connectivity index (χ2v) is 6.87. The van der Waals surface area contributed by atoms with Gasteiger partial charge in [0.1, 0.15) is 12.4 Å². The lowest BCUT2D eigenvalue weighted by atomic mass is 9.98. The Labute approximate surface area is 158 Å². The van der Waals surface area contributed by atoms with Crippen LogP contribution in [0.25, 0.3) is 11.8 Å². The van der Waals surface area contributed by atoms with Crippen LogP contribution in [0.15, 0.2) is 41.5 Å². The smallest absolute Gasteiger partial charge is 0.171 e. The van der Waals surface area contributed by atoms with Crippen LogP contribution in [0.5, 0.6) is 5.75 Å². The zero-order chi connectivity index (χ0) is 18.8. The average Bonchev–Trinajstić information content (AvgIpc) is 3.13. The van der Waals surface area contributed by atoms with Gasteiger partial charge in [-0.05, 0) is 49.1 Å². The summed E-state index contributed by atoms with van der Waals surface area (Å²) in [4.78, 5) is 11.8. The van der Waals surface area contributed by atoms with Crippen LogP contribution in [0.3, 0.4) is 0 Å². The lowest BCUT2D eigenvalue weighted by Gasteiger charge is -2.39. The molecule has 0 spiro atoms. The fourth-order valence-electron chi connectivity index (χ4n) is 3.62. The number of nitrogens with zero attached hydrogens (tertiary/aromatic N) is 4. The molecule has 27 heavy (non-hydrogen) atoms. The van der Waals surface area contributed by atoms with Gasteiger partial charge in [0, 0.05) is 12.7 Å². The van der Waals surface area contributed by atoms with Crippen molar-refractivity contribution in [3.63, 3.8) is 0 Å². The molecule has 1 aromatic carbocycles. The third kappa shape index (κ3) is 3.42. The summed E-state index contributed by atoms with van der Waals surface area (Å²) in [6, 6.07) is 6.09. The van der Waals surface area contributed by atoms with Gasteiger partial charge in [-0.1, -0.05) is 11.2 Å². The topological polar surface area (TPSA) is 72.1 Å². The Morgan fingerprint density at radius 1 is 1.41 bits per heavy atom. The van der Waals surface area contributed by atoms with Crippen molar-refractivity contribution in [3.05, 3.63) is 47.6 Å². The lowest BCUT2D eigenvalue weighted by Crippen LogP contribution is -2.50. The second kappa shape index (κ2) is 7.44. The zero-order valence-corrected chi connectivity index (χ0v) is 15.6. The molecule has 3 heterocycles. The zero-order valence-electron chi connectivity index (χ0n) is 15.6. The number of aliphatic hydroxyl groups is 1. The number of amidine groups is 1. The highest BCUT2D eigenvalue weighted by Gasteiger charge is 2.31. The fraction of sp³-hybridized carbons (Fsp3) is 0.400. The Morgan fingerprint density at radius 3 is 3.04 bits per heavy atom. The van der Waals surface area contributed by atoms with Gasteiger partial charge in [-0.2, -0.15) is 0 Å². The molecule has 1 fully saturated rings. The molecule has 0 amide bonds. The predicted octanol–water partition coefficient (Wildman–Crippen LogP) is 2.37. The maximum atomic E-state index is 9.59. The van der Waals surface area contributed by atoms with E-state index in [0.717, 1.165) is 53.5 Å². The Bertz CT molecular complexity index is 887. The minimum atomic E-state index is -0.0254. The normalized spacial score (nSPS) is 20.9. The Hall–Kier alpha value is -2.80. The van der Waals surface area contributed by atoms with Gasteiger partial charge >= 0.3 is 0 Å². The van der Waals surface area contributed by atoms with Crippen molar-refractivity contribution in [1.29, 1.82) is 0 Å². The number of ether oxygens (including phenoxy) is 1. The van der Waals surface area contributed by atoms with Crippen molar-refractivity contribution in [3.8, 4) is 11.4 Å². The molecule has 7 nitrogen and oxygen atoms in total. The lowest BCUT2D eigenvalue weighted by molar-refractivity contribution is 0.0324. The number of aryl methyl sites for hydroxylation is 1. The fourth-order valence-corrected chi connectivity index (χ4v) is 3.62. The van der Waals surface area contributed by atoms with Gasteiger partial charge in [0.15, 0.2) is 5.84 Å². The monoisotopic (exact) mass is 368 g/mol. The molecular formula is C20H24N4O3. The highest BCUT2D eigenvalue weighted by molar-refractivity contribution is 6.02. The van der Waals surface area contributed by atoms with Crippen molar-refractivity contribution in [2.24, 2.45) is 5.16 Å². The van der Waals surface area contributed by atoms with Crippen molar-refractivity contribution in [1.82, 2.24) is 14.5 Å². The molecule has 1 aromatic heterocycles. The van der Waals surface area contributed by atoms with Gasteiger partial charge in [0.25, 0.3) is 0 Å². The SMILES string of the molecule is COc1cc(/C=C2\CCCN3C2=NOC[C@H]3CO)ccc1-n1cnc(C)c1. The number of hydrogen-bond donors (Lipinski definition) is 1. The molecule has 1 atom stereocenters. The van der Waals surface area contributed by atoms with E-state index in [-0.39, 0.29) is 12.6 Å². The van der Waals surface area contributed by atoms with Crippen LogP contribution in [0.2, 0.25) is 0 Å². The molecule has 2 aromatic rings. The molecule has 1 saturated heterocycles. The molecule has 1 N–H and O–H groups in total. The first-order valence-electron chi connectivity index (χ1n) is 9.17. The molecule has 0 aliphatic carbocycles. The maximum absolute atomic E-state index is 9.59. The summed E-state index contributed by atoms with van der Waals surface area (Å²) in [5.41, 5.74) is 4.06. The molecule has 2 aliphatic heterocycles. The first-order chi connectivity index (χ1) is 13.2. The molecule has 7 heteroatoms. The van der Waals surface area contributed by atoms with Crippen molar-refractivity contribution in [2.75, 3.05) is 26.9 Å². The van der Waals surface area contributed by atoms with E-state index in [2.05, 4.69) is 27.2 Å². The maximum Gasteiger partial charge on any atom is 0.171 e. The van der Waals surface area contributed by atoms with E-state index in [0.29, 0.717) is 6.61 Å². The quantitative estimate of drug-likeness (QED) is 0.897. The summed E-state index contributed by atoms with van der Waals surface area (Å²) in [5.74, 6) is 1.62. The standard InChI is InChI=1S/C20H24N4O3/c1-14-10-23(13-21-14)18-6-5-15(9-19(18)26-2)8-16-4-3-7-24-17(11-25)12-27-22-20(16)24/h5-6,8-10,13,17,25H,3-4,7,11-12H2,1-2H3/b16-8+/t17-/m1/s1. The molecule has 2 aliphatic rings. The Morgan fingerprint density at radius 2 is 2.30 bits per heavy atom. The van der Waals surface area contributed by atoms with Crippen molar-refractivity contribution >= 4 is 11.9 Å². The highest BCUT2D eigenvalue weighted by atomic mass is 16.6. The van der Waals surface area contributed by atoms with Crippen LogP contribution in [-0.4, -0.2) is 58.3 Å². The summed E-state index contributed by atoms with van der Waals surface area (Å²) >= 11 is 0. The van der Waals surface area contributed by atoms with E-state index in [1.807, 2.05) is 29.8 Å². The van der Waals surface area contributed by atoms with Crippen LogP contribution >= 0.6 is 0 Å². The van der Waals surface area contributed by atoms with Gasteiger partial charge in [-0.3, -0.25) is 0 Å². The second-order valence-electron chi connectivity index (χ2n) is 6.87. The van der Waals surface area contributed by atoms with E-state index in [4.69, 9.17) is 9.57 Å². The molecule has 0 unspecified atom stereocenters. The first-order valence-corrected chi connectivity index (χ1v) is 9.17. The van der Waals surface area contributed by atoms with Gasteiger partial charge in [-0.15, -0.1) is 0 Å².